The van der Waals surface area contributed by atoms with Gasteiger partial charge in [0.15, 0.2) is 0 Å². The lowest BCUT2D eigenvalue weighted by Crippen LogP contribution is -2.49. The average molecular weight is 219 g/mol. The van der Waals surface area contributed by atoms with Crippen LogP contribution in [0.25, 0.3) is 0 Å². The Labute approximate surface area is 97.9 Å². The van der Waals surface area contributed by atoms with Crippen molar-refractivity contribution in [2.45, 2.75) is 31.7 Å². The molecule has 0 aliphatic carbocycles. The van der Waals surface area contributed by atoms with E-state index in [-0.39, 0.29) is 0 Å². The van der Waals surface area contributed by atoms with Crippen molar-refractivity contribution in [3.05, 3.63) is 35.9 Å². The molecular weight excluding hydrogens is 198 g/mol. The molecule has 0 amide bonds. The Bertz CT molecular complexity index is 306. The van der Waals surface area contributed by atoms with Gasteiger partial charge in [-0.05, 0) is 25.3 Å². The summed E-state index contributed by atoms with van der Waals surface area (Å²) in [7, 11) is 0. The lowest BCUT2D eigenvalue weighted by atomic mass is 9.89. The molecule has 2 nitrogen and oxygen atoms in total. The van der Waals surface area contributed by atoms with E-state index in [0.29, 0.717) is 12.6 Å². The summed E-state index contributed by atoms with van der Waals surface area (Å²) in [6.07, 6.45) is 2.03. The third kappa shape index (κ3) is 2.63. The normalized spacial score (nSPS) is 19.4. The van der Waals surface area contributed by atoms with E-state index in [1.165, 1.54) is 18.7 Å². The summed E-state index contributed by atoms with van der Waals surface area (Å²) in [5.74, 6) is 0.720. The van der Waals surface area contributed by atoms with Gasteiger partial charge in [0.05, 0.1) is 0 Å². The van der Waals surface area contributed by atoms with Gasteiger partial charge >= 0.3 is 0 Å². The molecule has 1 saturated heterocycles. The highest BCUT2D eigenvalue weighted by Gasteiger charge is 2.30. The molecule has 1 aliphatic rings. The predicted octanol–water partition coefficient (Wildman–Crippen LogP) is 2.25. The van der Waals surface area contributed by atoms with Crippen LogP contribution in [0.2, 0.25) is 0 Å². The van der Waals surface area contributed by atoms with Crippen molar-refractivity contribution in [2.24, 2.45) is 0 Å². The molecule has 1 atom stereocenters. The molecule has 1 unspecified atom stereocenters. The largest absolute Gasteiger partial charge is 0.396 e. The Balaban J connectivity index is 1.77. The smallest absolute Gasteiger partial charge is 0.0431 e. The van der Waals surface area contributed by atoms with E-state index in [2.05, 4.69) is 42.2 Å². The highest BCUT2D eigenvalue weighted by atomic mass is 16.2. The van der Waals surface area contributed by atoms with Crippen LogP contribution in [0.1, 0.15) is 31.2 Å². The zero-order valence-corrected chi connectivity index (χ0v) is 9.97. The molecule has 1 aliphatic heterocycles. The van der Waals surface area contributed by atoms with Crippen LogP contribution in [0, 0.1) is 0 Å². The molecule has 0 saturated carbocycles. The second-order valence-electron chi connectivity index (χ2n) is 4.78. The Kier molecular flexibility index (Phi) is 3.97. The van der Waals surface area contributed by atoms with Gasteiger partial charge in [-0.25, -0.2) is 0 Å². The summed E-state index contributed by atoms with van der Waals surface area (Å²) in [6, 6.07) is 11.4. The molecule has 0 aromatic heterocycles. The van der Waals surface area contributed by atoms with Gasteiger partial charge < -0.3 is 5.11 Å². The van der Waals surface area contributed by atoms with Crippen LogP contribution in [-0.4, -0.2) is 35.7 Å². The molecule has 88 valence electrons. The predicted molar refractivity (Wildman–Crippen MR) is 66.5 cm³/mol. The van der Waals surface area contributed by atoms with Crippen LogP contribution in [0.5, 0.6) is 0 Å². The number of aliphatic hydroxyl groups is 1. The first kappa shape index (κ1) is 11.6. The number of aliphatic hydroxyl groups excluding tert-OH is 1. The standard InChI is InChI=1S/C14H21NO/c1-12(6-5-9-16)15-10-14(11-15)13-7-3-2-4-8-13/h2-4,7-8,12,14,16H,5-6,9-11H2,1H3. The molecule has 0 spiro atoms. The Morgan fingerprint density at radius 2 is 2.00 bits per heavy atom. The topological polar surface area (TPSA) is 23.5 Å². The van der Waals surface area contributed by atoms with Gasteiger partial charge in [-0.15, -0.1) is 0 Å². The molecule has 1 N–H and O–H groups in total. The van der Waals surface area contributed by atoms with Gasteiger partial charge in [0.1, 0.15) is 0 Å². The van der Waals surface area contributed by atoms with E-state index in [1.807, 2.05) is 0 Å². The molecule has 1 aromatic rings. The lowest BCUT2D eigenvalue weighted by molar-refractivity contribution is 0.0907. The van der Waals surface area contributed by atoms with Gasteiger partial charge in [-0.2, -0.15) is 0 Å². The number of hydrogen-bond acceptors (Lipinski definition) is 2. The first-order valence-corrected chi connectivity index (χ1v) is 6.21. The summed E-state index contributed by atoms with van der Waals surface area (Å²) in [4.78, 5) is 2.51. The molecule has 1 aromatic carbocycles. The van der Waals surface area contributed by atoms with Crippen LogP contribution in [-0.2, 0) is 0 Å². The van der Waals surface area contributed by atoms with Crippen molar-refractivity contribution in [1.29, 1.82) is 0 Å². The van der Waals surface area contributed by atoms with E-state index in [9.17, 15) is 0 Å². The molecule has 2 rings (SSSR count). The molecule has 0 radical (unpaired) electrons. The van der Waals surface area contributed by atoms with E-state index >= 15 is 0 Å². The molecule has 16 heavy (non-hydrogen) atoms. The third-order valence-corrected chi connectivity index (χ3v) is 3.58. The molecule has 1 heterocycles. The van der Waals surface area contributed by atoms with Gasteiger partial charge in [0.2, 0.25) is 0 Å². The number of likely N-dealkylation sites (tertiary alicyclic amines) is 1. The number of rotatable bonds is 5. The van der Waals surface area contributed by atoms with Crippen LogP contribution in [0.4, 0.5) is 0 Å². The molecule has 0 bridgehead atoms. The maximum absolute atomic E-state index is 8.80. The number of nitrogens with zero attached hydrogens (tertiary/aromatic N) is 1. The van der Waals surface area contributed by atoms with Crippen LogP contribution in [0.15, 0.2) is 30.3 Å². The number of hydrogen-bond donors (Lipinski definition) is 1. The Morgan fingerprint density at radius 1 is 1.31 bits per heavy atom. The summed E-state index contributed by atoms with van der Waals surface area (Å²) in [6.45, 7) is 4.93. The summed E-state index contributed by atoms with van der Waals surface area (Å²) < 4.78 is 0. The SMILES string of the molecule is CC(CCCO)N1CC(c2ccccc2)C1. The highest BCUT2D eigenvalue weighted by molar-refractivity contribution is 5.22. The molecule has 2 heteroatoms. The average Bonchev–Trinajstić information content (AvgIpc) is 2.26. The fourth-order valence-electron chi connectivity index (χ4n) is 2.38. The summed E-state index contributed by atoms with van der Waals surface area (Å²) in [5, 5.41) is 8.80. The first-order chi connectivity index (χ1) is 7.81. The third-order valence-electron chi connectivity index (χ3n) is 3.58. The summed E-state index contributed by atoms with van der Waals surface area (Å²) >= 11 is 0. The minimum Gasteiger partial charge on any atom is -0.396 e. The number of benzene rings is 1. The quantitative estimate of drug-likeness (QED) is 0.821. The van der Waals surface area contributed by atoms with Crippen molar-refractivity contribution in [1.82, 2.24) is 4.90 Å². The van der Waals surface area contributed by atoms with Gasteiger partial charge in [0, 0.05) is 31.7 Å². The Morgan fingerprint density at radius 3 is 2.62 bits per heavy atom. The van der Waals surface area contributed by atoms with Crippen molar-refractivity contribution >= 4 is 0 Å². The van der Waals surface area contributed by atoms with Gasteiger partial charge in [0.25, 0.3) is 0 Å². The minimum atomic E-state index is 0.320. The fraction of sp³-hybridized carbons (Fsp3) is 0.571. The zero-order chi connectivity index (χ0) is 11.4. The first-order valence-electron chi connectivity index (χ1n) is 6.21. The second-order valence-corrected chi connectivity index (χ2v) is 4.78. The maximum atomic E-state index is 8.80. The van der Waals surface area contributed by atoms with Crippen molar-refractivity contribution in [3.8, 4) is 0 Å². The van der Waals surface area contributed by atoms with Crippen LogP contribution >= 0.6 is 0 Å². The summed E-state index contributed by atoms with van der Waals surface area (Å²) in [5.41, 5.74) is 1.47. The molecular formula is C14H21NO. The highest BCUT2D eigenvalue weighted by Crippen LogP contribution is 2.29. The lowest BCUT2D eigenvalue weighted by Gasteiger charge is -2.43. The van der Waals surface area contributed by atoms with Crippen molar-refractivity contribution in [3.63, 3.8) is 0 Å². The van der Waals surface area contributed by atoms with E-state index in [0.717, 1.165) is 18.8 Å². The van der Waals surface area contributed by atoms with E-state index in [1.54, 1.807) is 0 Å². The Hall–Kier alpha value is -0.860. The molecule has 1 fully saturated rings. The van der Waals surface area contributed by atoms with Gasteiger partial charge in [-0.1, -0.05) is 30.3 Å². The van der Waals surface area contributed by atoms with Crippen molar-refractivity contribution in [2.75, 3.05) is 19.7 Å². The fourth-order valence-corrected chi connectivity index (χ4v) is 2.38. The van der Waals surface area contributed by atoms with Crippen LogP contribution < -0.4 is 0 Å². The minimum absolute atomic E-state index is 0.320. The second kappa shape index (κ2) is 5.46. The van der Waals surface area contributed by atoms with E-state index < -0.39 is 0 Å². The van der Waals surface area contributed by atoms with E-state index in [4.69, 9.17) is 5.11 Å². The monoisotopic (exact) mass is 219 g/mol. The van der Waals surface area contributed by atoms with Crippen LogP contribution in [0.3, 0.4) is 0 Å². The maximum Gasteiger partial charge on any atom is 0.0431 e. The van der Waals surface area contributed by atoms with Gasteiger partial charge in [-0.3, -0.25) is 4.90 Å². The van der Waals surface area contributed by atoms with Crippen molar-refractivity contribution < 1.29 is 5.11 Å². The zero-order valence-electron chi connectivity index (χ0n) is 9.97.